The molecule has 0 atom stereocenters. The first-order valence-corrected chi connectivity index (χ1v) is 8.41. The maximum Gasteiger partial charge on any atom is 0.269 e. The number of hydrogen-bond acceptors (Lipinski definition) is 5. The number of methoxy groups -OCH3 is 1. The van der Waals surface area contributed by atoms with Gasteiger partial charge in [0.1, 0.15) is 11.4 Å². The summed E-state index contributed by atoms with van der Waals surface area (Å²) in [7, 11) is 1.61. The summed E-state index contributed by atoms with van der Waals surface area (Å²) in [6.45, 7) is 3.54. The number of hydrogen-bond donors (Lipinski definition) is 2. The van der Waals surface area contributed by atoms with Crippen LogP contribution in [0.15, 0.2) is 42.6 Å². The molecule has 2 aromatic rings. The van der Waals surface area contributed by atoms with Crippen molar-refractivity contribution in [2.24, 2.45) is 0 Å². The molecule has 0 aliphatic rings. The molecule has 7 heteroatoms. The van der Waals surface area contributed by atoms with Crippen molar-refractivity contribution in [2.75, 3.05) is 32.2 Å². The molecule has 0 bridgehead atoms. The Labute approximate surface area is 152 Å². The molecule has 7 nitrogen and oxygen atoms in total. The second kappa shape index (κ2) is 10.1. The highest BCUT2D eigenvalue weighted by Gasteiger charge is 2.12. The summed E-state index contributed by atoms with van der Waals surface area (Å²) in [5.41, 5.74) is 1.19. The van der Waals surface area contributed by atoms with E-state index in [1.165, 1.54) is 12.3 Å². The van der Waals surface area contributed by atoms with Gasteiger partial charge in [-0.3, -0.25) is 14.6 Å². The Hall–Kier alpha value is -2.93. The van der Waals surface area contributed by atoms with Crippen LogP contribution in [0, 0.1) is 0 Å². The molecular formula is C19H23N3O4. The number of rotatable bonds is 9. The van der Waals surface area contributed by atoms with Gasteiger partial charge in [-0.25, -0.2) is 0 Å². The largest absolute Gasteiger partial charge is 0.494 e. The summed E-state index contributed by atoms with van der Waals surface area (Å²) in [6, 6.07) is 10.1. The van der Waals surface area contributed by atoms with E-state index < -0.39 is 0 Å². The van der Waals surface area contributed by atoms with Gasteiger partial charge >= 0.3 is 0 Å². The normalized spacial score (nSPS) is 10.2. The number of nitrogens with zero attached hydrogens (tertiary/aromatic N) is 1. The molecule has 2 rings (SSSR count). The van der Waals surface area contributed by atoms with Crippen molar-refractivity contribution in [3.63, 3.8) is 0 Å². The van der Waals surface area contributed by atoms with Gasteiger partial charge in [0.2, 0.25) is 0 Å². The SMILES string of the molecule is CCOc1ccc(NC(=O)c2ccnc(C(=O)NCCCOC)c2)cc1. The van der Waals surface area contributed by atoms with Gasteiger partial charge in [0, 0.05) is 37.7 Å². The number of amides is 2. The minimum atomic E-state index is -0.322. The van der Waals surface area contributed by atoms with E-state index in [4.69, 9.17) is 9.47 Å². The second-order valence-corrected chi connectivity index (χ2v) is 5.44. The maximum absolute atomic E-state index is 12.4. The molecule has 0 unspecified atom stereocenters. The van der Waals surface area contributed by atoms with Crippen LogP contribution >= 0.6 is 0 Å². The Bertz CT molecular complexity index is 732. The number of carbonyl (C=O) groups excluding carboxylic acids is 2. The summed E-state index contributed by atoms with van der Waals surface area (Å²) >= 11 is 0. The van der Waals surface area contributed by atoms with Crippen LogP contribution in [0.25, 0.3) is 0 Å². The Balaban J connectivity index is 1.97. The summed E-state index contributed by atoms with van der Waals surface area (Å²) in [4.78, 5) is 28.5. The molecule has 0 saturated heterocycles. The second-order valence-electron chi connectivity index (χ2n) is 5.44. The Morgan fingerprint density at radius 1 is 1.12 bits per heavy atom. The zero-order valence-electron chi connectivity index (χ0n) is 15.0. The fourth-order valence-corrected chi connectivity index (χ4v) is 2.21. The molecule has 26 heavy (non-hydrogen) atoms. The third-order valence-electron chi connectivity index (χ3n) is 3.49. The molecule has 0 radical (unpaired) electrons. The van der Waals surface area contributed by atoms with Crippen LogP contribution in [0.5, 0.6) is 5.75 Å². The van der Waals surface area contributed by atoms with Crippen molar-refractivity contribution in [3.8, 4) is 5.75 Å². The van der Waals surface area contributed by atoms with Gasteiger partial charge in [-0.05, 0) is 49.7 Å². The highest BCUT2D eigenvalue weighted by Crippen LogP contribution is 2.16. The lowest BCUT2D eigenvalue weighted by Crippen LogP contribution is -2.26. The third-order valence-corrected chi connectivity index (χ3v) is 3.49. The molecule has 0 spiro atoms. The standard InChI is InChI=1S/C19H23N3O4/c1-3-26-16-7-5-15(6-8-16)22-18(23)14-9-11-20-17(13-14)19(24)21-10-4-12-25-2/h5-9,11,13H,3-4,10,12H2,1-2H3,(H,21,24)(H,22,23). The van der Waals surface area contributed by atoms with Gasteiger partial charge in [0.25, 0.3) is 11.8 Å². The van der Waals surface area contributed by atoms with Crippen molar-refractivity contribution in [1.29, 1.82) is 0 Å². The van der Waals surface area contributed by atoms with Gasteiger partial charge < -0.3 is 20.1 Å². The zero-order chi connectivity index (χ0) is 18.8. The van der Waals surface area contributed by atoms with Crippen LogP contribution in [0.1, 0.15) is 34.2 Å². The summed E-state index contributed by atoms with van der Waals surface area (Å²) in [6.07, 6.45) is 2.15. The van der Waals surface area contributed by atoms with Crippen molar-refractivity contribution < 1.29 is 19.1 Å². The smallest absolute Gasteiger partial charge is 0.269 e. The summed E-state index contributed by atoms with van der Waals surface area (Å²) in [5, 5.41) is 5.52. The maximum atomic E-state index is 12.4. The Kier molecular flexibility index (Phi) is 7.57. The average molecular weight is 357 g/mol. The van der Waals surface area contributed by atoms with Gasteiger partial charge in [0.15, 0.2) is 0 Å². The lowest BCUT2D eigenvalue weighted by Gasteiger charge is -2.08. The molecule has 1 aromatic carbocycles. The van der Waals surface area contributed by atoms with E-state index in [0.29, 0.717) is 37.4 Å². The summed E-state index contributed by atoms with van der Waals surface area (Å²) < 4.78 is 10.3. The monoisotopic (exact) mass is 357 g/mol. The lowest BCUT2D eigenvalue weighted by molar-refractivity contribution is 0.0943. The predicted molar refractivity (Wildman–Crippen MR) is 98.6 cm³/mol. The molecule has 0 aliphatic heterocycles. The van der Waals surface area contributed by atoms with E-state index in [0.717, 1.165) is 5.75 Å². The number of aromatic nitrogens is 1. The predicted octanol–water partition coefficient (Wildman–Crippen LogP) is 2.50. The van der Waals surface area contributed by atoms with E-state index in [2.05, 4.69) is 15.6 Å². The highest BCUT2D eigenvalue weighted by atomic mass is 16.5. The molecule has 1 aromatic heterocycles. The van der Waals surface area contributed by atoms with Crippen LogP contribution in [0.2, 0.25) is 0 Å². The molecule has 0 saturated carbocycles. The van der Waals surface area contributed by atoms with E-state index in [9.17, 15) is 9.59 Å². The number of anilines is 1. The van der Waals surface area contributed by atoms with Crippen LogP contribution < -0.4 is 15.4 Å². The van der Waals surface area contributed by atoms with Crippen molar-refractivity contribution in [1.82, 2.24) is 10.3 Å². The number of carbonyl (C=O) groups is 2. The number of ether oxygens (including phenoxy) is 2. The van der Waals surface area contributed by atoms with E-state index in [1.807, 2.05) is 6.92 Å². The van der Waals surface area contributed by atoms with Gasteiger partial charge in [-0.1, -0.05) is 0 Å². The van der Waals surface area contributed by atoms with Crippen LogP contribution in [0.3, 0.4) is 0 Å². The molecule has 1 heterocycles. The molecule has 2 N–H and O–H groups in total. The van der Waals surface area contributed by atoms with E-state index in [-0.39, 0.29) is 17.5 Å². The Morgan fingerprint density at radius 2 is 1.88 bits per heavy atom. The van der Waals surface area contributed by atoms with Gasteiger partial charge in [0.05, 0.1) is 6.61 Å². The first-order valence-electron chi connectivity index (χ1n) is 8.41. The average Bonchev–Trinajstić information content (AvgIpc) is 2.67. The van der Waals surface area contributed by atoms with Gasteiger partial charge in [-0.2, -0.15) is 0 Å². The summed E-state index contributed by atoms with van der Waals surface area (Å²) in [5.74, 6) is 0.101. The lowest BCUT2D eigenvalue weighted by atomic mass is 10.2. The minimum absolute atomic E-state index is 0.196. The topological polar surface area (TPSA) is 89.5 Å². The highest BCUT2D eigenvalue weighted by molar-refractivity contribution is 6.05. The molecule has 138 valence electrons. The van der Waals surface area contributed by atoms with Crippen LogP contribution in [-0.2, 0) is 4.74 Å². The molecule has 0 aliphatic carbocycles. The first kappa shape index (κ1) is 19.4. The van der Waals surface area contributed by atoms with Crippen LogP contribution in [-0.4, -0.2) is 43.7 Å². The third kappa shape index (κ3) is 5.86. The fraction of sp³-hybridized carbons (Fsp3) is 0.316. The fourth-order valence-electron chi connectivity index (χ4n) is 2.21. The Morgan fingerprint density at radius 3 is 2.58 bits per heavy atom. The number of nitrogens with one attached hydrogen (secondary N) is 2. The van der Waals surface area contributed by atoms with Crippen molar-refractivity contribution in [2.45, 2.75) is 13.3 Å². The van der Waals surface area contributed by atoms with E-state index >= 15 is 0 Å². The van der Waals surface area contributed by atoms with Crippen LogP contribution in [0.4, 0.5) is 5.69 Å². The van der Waals surface area contributed by atoms with E-state index in [1.54, 1.807) is 37.4 Å². The van der Waals surface area contributed by atoms with Gasteiger partial charge in [-0.15, -0.1) is 0 Å². The zero-order valence-corrected chi connectivity index (χ0v) is 15.0. The number of pyridine rings is 1. The first-order chi connectivity index (χ1) is 12.6. The number of benzene rings is 1. The quantitative estimate of drug-likeness (QED) is 0.673. The molecular weight excluding hydrogens is 334 g/mol. The minimum Gasteiger partial charge on any atom is -0.494 e. The molecule has 0 fully saturated rings. The van der Waals surface area contributed by atoms with Crippen molar-refractivity contribution >= 4 is 17.5 Å². The molecule has 2 amide bonds. The van der Waals surface area contributed by atoms with Crippen molar-refractivity contribution in [3.05, 3.63) is 53.9 Å².